The predicted octanol–water partition coefficient (Wildman–Crippen LogP) is 4.82. The van der Waals surface area contributed by atoms with Gasteiger partial charge < -0.3 is 25.4 Å². The molecule has 3 N–H and O–H groups in total. The lowest BCUT2D eigenvalue weighted by Crippen LogP contribution is -2.52. The van der Waals surface area contributed by atoms with E-state index in [1.54, 1.807) is 29.2 Å². The zero-order chi connectivity index (χ0) is 28.8. The van der Waals surface area contributed by atoms with E-state index in [1.807, 2.05) is 17.5 Å². The van der Waals surface area contributed by atoms with Crippen molar-refractivity contribution in [2.24, 2.45) is 5.92 Å². The van der Waals surface area contributed by atoms with Crippen molar-refractivity contribution >= 4 is 74.4 Å². The van der Waals surface area contributed by atoms with Crippen molar-refractivity contribution in [1.82, 2.24) is 15.5 Å². The van der Waals surface area contributed by atoms with Gasteiger partial charge in [0.2, 0.25) is 11.8 Å². The van der Waals surface area contributed by atoms with Crippen LogP contribution in [0, 0.1) is 5.92 Å². The second-order valence-electron chi connectivity index (χ2n) is 9.23. The quantitative estimate of drug-likeness (QED) is 0.238. The molecule has 2 heterocycles. The van der Waals surface area contributed by atoms with Gasteiger partial charge in [-0.25, -0.2) is 0 Å². The molecule has 0 bridgehead atoms. The third-order valence-corrected chi connectivity index (χ3v) is 8.51. The zero-order valence-electron chi connectivity index (χ0n) is 21.5. The fraction of sp³-hybridized carbons (Fsp3) is 0.286. The van der Waals surface area contributed by atoms with Crippen LogP contribution in [0.15, 0.2) is 47.9 Å². The lowest BCUT2D eigenvalue weighted by molar-refractivity contribution is -0.138. The fourth-order valence-electron chi connectivity index (χ4n) is 4.43. The molecule has 0 radical (unpaired) electrons. The number of methoxy groups -OCH3 is 1. The van der Waals surface area contributed by atoms with Gasteiger partial charge in [0.05, 0.1) is 28.3 Å². The summed E-state index contributed by atoms with van der Waals surface area (Å²) in [5.74, 6) is -2.29. The van der Waals surface area contributed by atoms with Crippen LogP contribution in [-0.2, 0) is 14.4 Å². The lowest BCUT2D eigenvalue weighted by Gasteiger charge is -2.31. The molecule has 3 aromatic rings. The summed E-state index contributed by atoms with van der Waals surface area (Å²) in [5, 5.41) is 18.2. The number of likely N-dealkylation sites (tertiary alicyclic amines) is 1. The highest BCUT2D eigenvalue weighted by Gasteiger charge is 2.29. The molecule has 210 valence electrons. The smallest absolute Gasteiger partial charge is 0.307 e. The second kappa shape index (κ2) is 13.2. The summed E-state index contributed by atoms with van der Waals surface area (Å²) in [6.07, 6.45) is 2.25. The highest BCUT2D eigenvalue weighted by molar-refractivity contribution is 7.18. The van der Waals surface area contributed by atoms with E-state index in [0.29, 0.717) is 47.3 Å². The van der Waals surface area contributed by atoms with Crippen LogP contribution in [0.4, 0.5) is 0 Å². The number of nitrogens with one attached hydrogen (secondary N) is 2. The van der Waals surface area contributed by atoms with Gasteiger partial charge in [0.1, 0.15) is 11.9 Å². The van der Waals surface area contributed by atoms with Crippen LogP contribution in [0.25, 0.3) is 16.2 Å². The Bertz CT molecular complexity index is 1470. The lowest BCUT2D eigenvalue weighted by atomic mass is 9.95. The average molecular weight is 605 g/mol. The Morgan fingerprint density at radius 2 is 1.88 bits per heavy atom. The molecule has 40 heavy (non-hydrogen) atoms. The van der Waals surface area contributed by atoms with Crippen molar-refractivity contribution < 1.29 is 29.0 Å². The number of hydrogen-bond acceptors (Lipinski definition) is 6. The second-order valence-corrected chi connectivity index (χ2v) is 10.9. The molecule has 12 heteroatoms. The minimum atomic E-state index is -1.18. The number of carbonyl (C=O) groups excluding carboxylic acids is 3. The molecule has 4 rings (SSSR count). The first-order valence-corrected chi connectivity index (χ1v) is 14.1. The molecule has 3 amide bonds. The van der Waals surface area contributed by atoms with Crippen molar-refractivity contribution in [3.8, 4) is 5.75 Å². The maximum Gasteiger partial charge on any atom is 0.307 e. The number of nitrogens with zero attached hydrogens (tertiary/aromatic N) is 1. The fourth-order valence-corrected chi connectivity index (χ4v) is 5.87. The van der Waals surface area contributed by atoms with E-state index in [-0.39, 0.29) is 17.4 Å². The first kappa shape index (κ1) is 29.4. The molecule has 1 aromatic heterocycles. The van der Waals surface area contributed by atoms with E-state index in [0.717, 1.165) is 10.1 Å². The molecule has 1 aliphatic heterocycles. The first-order valence-electron chi connectivity index (χ1n) is 12.5. The largest absolute Gasteiger partial charge is 0.497 e. The molecular formula is C28H27Cl2N3O6S. The number of thiophene rings is 1. The third kappa shape index (κ3) is 7.12. The van der Waals surface area contributed by atoms with Crippen molar-refractivity contribution in [1.29, 1.82) is 0 Å². The van der Waals surface area contributed by atoms with Gasteiger partial charge in [-0.1, -0.05) is 29.3 Å². The first-order chi connectivity index (χ1) is 19.2. The molecule has 0 saturated carbocycles. The molecule has 2 aromatic carbocycles. The SMILES string of the molecule is COc1cccc(C(=O)NC(CC(=O)O)NC(=O)C2CCN(C(=O)/C=C/c3cc4ccsc4c(Cl)c3Cl)CC2)c1. The van der Waals surface area contributed by atoms with Crippen molar-refractivity contribution in [3.63, 3.8) is 0 Å². The summed E-state index contributed by atoms with van der Waals surface area (Å²) in [6.45, 7) is 0.693. The highest BCUT2D eigenvalue weighted by atomic mass is 35.5. The zero-order valence-corrected chi connectivity index (χ0v) is 23.8. The number of rotatable bonds is 9. The van der Waals surface area contributed by atoms with E-state index in [9.17, 15) is 24.3 Å². The number of carboxylic acids is 1. The topological polar surface area (TPSA) is 125 Å². The molecule has 1 atom stereocenters. The van der Waals surface area contributed by atoms with Gasteiger partial charge >= 0.3 is 5.97 Å². The summed E-state index contributed by atoms with van der Waals surface area (Å²) < 4.78 is 6.01. The Hall–Kier alpha value is -3.60. The van der Waals surface area contributed by atoms with Crippen LogP contribution in [-0.4, -0.2) is 60.1 Å². The van der Waals surface area contributed by atoms with Gasteiger partial charge in [-0.2, -0.15) is 0 Å². The van der Waals surface area contributed by atoms with Crippen LogP contribution in [0.5, 0.6) is 5.75 Å². The highest BCUT2D eigenvalue weighted by Crippen LogP contribution is 2.37. The van der Waals surface area contributed by atoms with Crippen molar-refractivity contribution in [2.45, 2.75) is 25.4 Å². The number of carbonyl (C=O) groups is 4. The number of ether oxygens (including phenoxy) is 1. The Labute approximate surface area is 244 Å². The standard InChI is InChI=1S/C28H27Cl2N3O6S/c1-39-20-4-2-3-19(14-20)28(38)32-21(15-23(35)36)31-27(37)16-7-10-33(11-8-16)22(34)6-5-17-13-18-9-12-40-26(18)25(30)24(17)29/h2-6,9,12-14,16,21H,7-8,10-11,15H2,1H3,(H,31,37)(H,32,38)(H,35,36)/b6-5+. The molecule has 1 fully saturated rings. The molecule has 0 spiro atoms. The van der Waals surface area contributed by atoms with E-state index in [2.05, 4.69) is 10.6 Å². The number of amides is 3. The molecule has 9 nitrogen and oxygen atoms in total. The summed E-state index contributed by atoms with van der Waals surface area (Å²) >= 11 is 14.3. The van der Waals surface area contributed by atoms with Gasteiger partial charge in [0.25, 0.3) is 5.91 Å². The van der Waals surface area contributed by atoms with Crippen LogP contribution in [0.3, 0.4) is 0 Å². The molecular weight excluding hydrogens is 577 g/mol. The minimum Gasteiger partial charge on any atom is -0.497 e. The van der Waals surface area contributed by atoms with Gasteiger partial charge in [0.15, 0.2) is 0 Å². The van der Waals surface area contributed by atoms with Crippen LogP contribution in [0.2, 0.25) is 10.0 Å². The van der Waals surface area contributed by atoms with E-state index in [4.69, 9.17) is 27.9 Å². The van der Waals surface area contributed by atoms with E-state index in [1.165, 1.54) is 30.6 Å². The number of carboxylic acid groups (broad SMARTS) is 1. The Morgan fingerprint density at radius 3 is 2.58 bits per heavy atom. The number of fused-ring (bicyclic) bond motifs is 1. The van der Waals surface area contributed by atoms with Gasteiger partial charge in [-0.15, -0.1) is 11.3 Å². The normalized spacial score (nSPS) is 14.7. The monoisotopic (exact) mass is 603 g/mol. The van der Waals surface area contributed by atoms with Gasteiger partial charge in [0, 0.05) is 30.6 Å². The number of hydrogen-bond donors (Lipinski definition) is 3. The van der Waals surface area contributed by atoms with Crippen LogP contribution >= 0.6 is 34.5 Å². The molecule has 1 unspecified atom stereocenters. The summed E-state index contributed by atoms with van der Waals surface area (Å²) in [7, 11) is 1.47. The average Bonchev–Trinajstić information content (AvgIpc) is 3.42. The van der Waals surface area contributed by atoms with Crippen LogP contribution < -0.4 is 15.4 Å². The maximum atomic E-state index is 12.9. The van der Waals surface area contributed by atoms with Gasteiger partial charge in [-0.3, -0.25) is 19.2 Å². The molecule has 1 saturated heterocycles. The minimum absolute atomic E-state index is 0.217. The number of aliphatic carboxylic acids is 1. The number of benzene rings is 2. The molecule has 0 aliphatic carbocycles. The van der Waals surface area contributed by atoms with Crippen molar-refractivity contribution in [3.05, 3.63) is 69.0 Å². The number of piperidine rings is 1. The van der Waals surface area contributed by atoms with Gasteiger partial charge in [-0.05, 0) is 65.6 Å². The summed E-state index contributed by atoms with van der Waals surface area (Å²) in [4.78, 5) is 51.4. The molecule has 1 aliphatic rings. The summed E-state index contributed by atoms with van der Waals surface area (Å²) in [5.41, 5.74) is 0.906. The maximum absolute atomic E-state index is 12.9. The predicted molar refractivity (Wildman–Crippen MR) is 155 cm³/mol. The van der Waals surface area contributed by atoms with E-state index >= 15 is 0 Å². The summed E-state index contributed by atoms with van der Waals surface area (Å²) in [6, 6.07) is 10.2. The van der Waals surface area contributed by atoms with E-state index < -0.39 is 30.4 Å². The van der Waals surface area contributed by atoms with Crippen molar-refractivity contribution in [2.75, 3.05) is 20.2 Å². The Kier molecular flexibility index (Phi) is 9.67. The Morgan fingerprint density at radius 1 is 1.12 bits per heavy atom. The van der Waals surface area contributed by atoms with Crippen LogP contribution in [0.1, 0.15) is 35.2 Å². The third-order valence-electron chi connectivity index (χ3n) is 6.57. The number of halogens is 2. The Balaban J connectivity index is 1.32.